The van der Waals surface area contributed by atoms with Crippen molar-refractivity contribution < 1.29 is 19.4 Å². The first-order valence-corrected chi connectivity index (χ1v) is 9.41. The lowest BCUT2D eigenvalue weighted by atomic mass is 10.1. The number of carbonyl (C=O) groups excluding carboxylic acids is 1. The molecule has 148 valence electrons. The van der Waals surface area contributed by atoms with Gasteiger partial charge in [0.05, 0.1) is 12.2 Å². The molecule has 0 aliphatic carbocycles. The van der Waals surface area contributed by atoms with Crippen LogP contribution in [-0.4, -0.2) is 29.9 Å². The van der Waals surface area contributed by atoms with E-state index in [-0.39, 0.29) is 12.6 Å². The molecule has 1 aromatic carbocycles. The van der Waals surface area contributed by atoms with Gasteiger partial charge in [-0.1, -0.05) is 32.4 Å². The number of hydrogen-bond donors (Lipinski definition) is 1. The monoisotopic (exact) mass is 364 g/mol. The smallest absolute Gasteiger partial charge is 0.338 e. The third-order valence-corrected chi connectivity index (χ3v) is 3.60. The Morgan fingerprint density at radius 3 is 2.27 bits per heavy atom. The van der Waals surface area contributed by atoms with Crippen LogP contribution in [0.15, 0.2) is 36.4 Å². The van der Waals surface area contributed by atoms with Crippen LogP contribution in [0.1, 0.15) is 71.2 Å². The molecule has 0 saturated carbocycles. The Balaban J connectivity index is 0.000000896. The predicted molar refractivity (Wildman–Crippen MR) is 108 cm³/mol. The molecule has 0 aliphatic heterocycles. The van der Waals surface area contributed by atoms with Gasteiger partial charge < -0.3 is 14.6 Å². The molecule has 0 bridgehead atoms. The largest absolute Gasteiger partial charge is 0.494 e. The molecule has 0 amide bonds. The fourth-order valence-electron chi connectivity index (χ4n) is 1.85. The van der Waals surface area contributed by atoms with Gasteiger partial charge in [-0.15, -0.1) is 0 Å². The quantitative estimate of drug-likeness (QED) is 0.495. The molecular weight excluding hydrogens is 328 g/mol. The van der Waals surface area contributed by atoms with Gasteiger partial charge in [0.1, 0.15) is 11.4 Å². The fourth-order valence-corrected chi connectivity index (χ4v) is 1.85. The first kappa shape index (κ1) is 24.2. The number of ether oxygens (including phenoxy) is 2. The summed E-state index contributed by atoms with van der Waals surface area (Å²) >= 11 is 0. The number of aliphatic hydroxyl groups is 1. The lowest BCUT2D eigenvalue weighted by Gasteiger charge is -2.19. The average molecular weight is 365 g/mol. The summed E-state index contributed by atoms with van der Waals surface area (Å²) in [4.78, 5) is 11.9. The van der Waals surface area contributed by atoms with E-state index in [2.05, 4.69) is 13.8 Å². The van der Waals surface area contributed by atoms with Crippen molar-refractivity contribution in [1.29, 1.82) is 0 Å². The zero-order chi connectivity index (χ0) is 20.0. The minimum atomic E-state index is -0.470. The number of allylic oxidation sites excluding steroid dienone is 1. The maximum absolute atomic E-state index is 11.9. The molecule has 1 unspecified atom stereocenters. The number of hydrogen-bond acceptors (Lipinski definition) is 4. The van der Waals surface area contributed by atoms with Gasteiger partial charge in [-0.3, -0.25) is 0 Å². The molecule has 1 atom stereocenters. The SMILES string of the molecule is C/C=C\CCO.CCC(C)CCOc1ccc(C(=O)OC(C)(C)C)cc1. The Labute approximate surface area is 159 Å². The molecule has 0 saturated heterocycles. The van der Waals surface area contributed by atoms with Crippen molar-refractivity contribution in [3.63, 3.8) is 0 Å². The molecule has 26 heavy (non-hydrogen) atoms. The summed E-state index contributed by atoms with van der Waals surface area (Å²) in [7, 11) is 0. The Morgan fingerprint density at radius 1 is 1.23 bits per heavy atom. The van der Waals surface area contributed by atoms with Gasteiger partial charge >= 0.3 is 5.97 Å². The number of aliphatic hydroxyl groups excluding tert-OH is 1. The molecule has 0 aliphatic rings. The predicted octanol–water partition coefficient (Wildman–Crippen LogP) is 5.40. The first-order valence-electron chi connectivity index (χ1n) is 9.41. The van der Waals surface area contributed by atoms with Crippen molar-refractivity contribution in [3.05, 3.63) is 42.0 Å². The van der Waals surface area contributed by atoms with Gasteiger partial charge in [0.15, 0.2) is 0 Å². The van der Waals surface area contributed by atoms with E-state index >= 15 is 0 Å². The first-order chi connectivity index (χ1) is 12.2. The van der Waals surface area contributed by atoms with Gasteiger partial charge in [0, 0.05) is 6.61 Å². The minimum Gasteiger partial charge on any atom is -0.494 e. The standard InChI is InChI=1S/C17H26O3.C5H10O/c1-6-13(2)11-12-19-15-9-7-14(8-10-15)16(18)20-17(3,4)5;1-2-3-4-5-6/h7-10,13H,6,11-12H2,1-5H3;2-3,6H,4-5H2,1H3/b;3-2-. The normalized spacial score (nSPS) is 12.3. The average Bonchev–Trinajstić information content (AvgIpc) is 2.59. The third-order valence-electron chi connectivity index (χ3n) is 3.60. The van der Waals surface area contributed by atoms with E-state index in [0.717, 1.165) is 18.6 Å². The number of esters is 1. The minimum absolute atomic E-state index is 0.268. The maximum Gasteiger partial charge on any atom is 0.338 e. The van der Waals surface area contributed by atoms with Gasteiger partial charge in [0.25, 0.3) is 0 Å². The summed E-state index contributed by atoms with van der Waals surface area (Å²) in [6, 6.07) is 7.12. The van der Waals surface area contributed by atoms with Crippen LogP contribution in [0.3, 0.4) is 0 Å². The van der Waals surface area contributed by atoms with Crippen LogP contribution < -0.4 is 4.74 Å². The van der Waals surface area contributed by atoms with Crippen LogP contribution in [0.4, 0.5) is 0 Å². The molecule has 1 N–H and O–H groups in total. The van der Waals surface area contributed by atoms with E-state index < -0.39 is 5.60 Å². The van der Waals surface area contributed by atoms with Crippen molar-refractivity contribution in [3.8, 4) is 5.75 Å². The fraction of sp³-hybridized carbons (Fsp3) is 0.591. The van der Waals surface area contributed by atoms with E-state index in [9.17, 15) is 4.79 Å². The van der Waals surface area contributed by atoms with E-state index in [1.165, 1.54) is 6.42 Å². The van der Waals surface area contributed by atoms with Crippen LogP contribution in [0.25, 0.3) is 0 Å². The molecular formula is C22H36O4. The summed E-state index contributed by atoms with van der Waals surface area (Å²) < 4.78 is 11.0. The highest BCUT2D eigenvalue weighted by Crippen LogP contribution is 2.17. The second-order valence-electron chi connectivity index (χ2n) is 7.26. The van der Waals surface area contributed by atoms with Crippen molar-refractivity contribution in [2.45, 2.75) is 66.4 Å². The molecule has 4 nitrogen and oxygen atoms in total. The van der Waals surface area contributed by atoms with E-state index in [4.69, 9.17) is 14.6 Å². The summed E-state index contributed by atoms with van der Waals surface area (Å²) in [5.41, 5.74) is 0.0805. The molecule has 1 aromatic rings. The molecule has 0 fully saturated rings. The Bertz CT molecular complexity index is 512. The highest BCUT2D eigenvalue weighted by atomic mass is 16.6. The molecule has 4 heteroatoms. The Morgan fingerprint density at radius 2 is 1.85 bits per heavy atom. The molecule has 0 spiro atoms. The Hall–Kier alpha value is -1.81. The zero-order valence-electron chi connectivity index (χ0n) is 17.2. The van der Waals surface area contributed by atoms with Gasteiger partial charge in [-0.2, -0.15) is 0 Å². The summed E-state index contributed by atoms with van der Waals surface area (Å²) in [6.45, 7) is 12.9. The van der Waals surface area contributed by atoms with Crippen LogP contribution in [-0.2, 0) is 4.74 Å². The van der Waals surface area contributed by atoms with E-state index in [1.54, 1.807) is 12.1 Å². The van der Waals surface area contributed by atoms with Gasteiger partial charge in [-0.25, -0.2) is 4.79 Å². The topological polar surface area (TPSA) is 55.8 Å². The number of carbonyl (C=O) groups is 1. The van der Waals surface area contributed by atoms with Crippen LogP contribution in [0, 0.1) is 5.92 Å². The number of benzene rings is 1. The highest BCUT2D eigenvalue weighted by molar-refractivity contribution is 5.89. The van der Waals surface area contributed by atoms with Crippen LogP contribution in [0.2, 0.25) is 0 Å². The van der Waals surface area contributed by atoms with Crippen molar-refractivity contribution in [2.75, 3.05) is 13.2 Å². The summed E-state index contributed by atoms with van der Waals surface area (Å²) in [5, 5.41) is 8.15. The molecule has 1 rings (SSSR count). The van der Waals surface area contributed by atoms with E-state index in [0.29, 0.717) is 18.1 Å². The van der Waals surface area contributed by atoms with Crippen LogP contribution in [0.5, 0.6) is 5.75 Å². The summed E-state index contributed by atoms with van der Waals surface area (Å²) in [6.07, 6.45) is 6.86. The van der Waals surface area contributed by atoms with Crippen LogP contribution >= 0.6 is 0 Å². The lowest BCUT2D eigenvalue weighted by molar-refractivity contribution is 0.00695. The molecule has 0 radical (unpaired) electrons. The molecule has 0 heterocycles. The highest BCUT2D eigenvalue weighted by Gasteiger charge is 2.17. The van der Waals surface area contributed by atoms with Crippen molar-refractivity contribution in [2.24, 2.45) is 5.92 Å². The second-order valence-corrected chi connectivity index (χ2v) is 7.26. The lowest BCUT2D eigenvalue weighted by Crippen LogP contribution is -2.23. The second kappa shape index (κ2) is 13.4. The third kappa shape index (κ3) is 12.5. The Kier molecular flexibility index (Phi) is 12.5. The zero-order valence-corrected chi connectivity index (χ0v) is 17.2. The maximum atomic E-state index is 11.9. The van der Waals surface area contributed by atoms with E-state index in [1.807, 2.05) is 52.0 Å². The van der Waals surface area contributed by atoms with Gasteiger partial charge in [0.2, 0.25) is 0 Å². The molecule has 0 aromatic heterocycles. The van der Waals surface area contributed by atoms with Gasteiger partial charge in [-0.05, 0) is 70.7 Å². The number of rotatable bonds is 8. The summed E-state index contributed by atoms with van der Waals surface area (Å²) in [5.74, 6) is 1.17. The van der Waals surface area contributed by atoms with Crippen molar-refractivity contribution >= 4 is 5.97 Å². The van der Waals surface area contributed by atoms with Crippen molar-refractivity contribution in [1.82, 2.24) is 0 Å².